The van der Waals surface area contributed by atoms with Crippen molar-refractivity contribution in [3.63, 3.8) is 0 Å². The van der Waals surface area contributed by atoms with Gasteiger partial charge in [0.1, 0.15) is 5.82 Å². The Morgan fingerprint density at radius 2 is 2.18 bits per heavy atom. The lowest BCUT2D eigenvalue weighted by molar-refractivity contribution is -0.122. The first-order chi connectivity index (χ1) is 8.01. The largest absolute Gasteiger partial charge is 0.328 e. The molecular formula is C13H17N3O. The van der Waals surface area contributed by atoms with Gasteiger partial charge in [0.15, 0.2) is 0 Å². The van der Waals surface area contributed by atoms with Crippen molar-refractivity contribution < 1.29 is 4.79 Å². The third kappa shape index (κ3) is 1.33. The third-order valence-electron chi connectivity index (χ3n) is 3.96. The highest BCUT2D eigenvalue weighted by Gasteiger charge is 2.49. The van der Waals surface area contributed by atoms with Crippen LogP contribution in [0.15, 0.2) is 18.3 Å². The van der Waals surface area contributed by atoms with Crippen LogP contribution in [-0.2, 0) is 10.2 Å². The van der Waals surface area contributed by atoms with Gasteiger partial charge in [0, 0.05) is 23.8 Å². The summed E-state index contributed by atoms with van der Waals surface area (Å²) in [5.41, 5.74) is 6.39. The molecule has 0 bridgehead atoms. The average molecular weight is 231 g/mol. The molecule has 3 rings (SSSR count). The Bertz CT molecular complexity index is 477. The molecule has 0 saturated heterocycles. The number of anilines is 1. The Balaban J connectivity index is 2.04. The van der Waals surface area contributed by atoms with Gasteiger partial charge in [0.25, 0.3) is 0 Å². The van der Waals surface area contributed by atoms with Crippen molar-refractivity contribution in [1.82, 2.24) is 4.98 Å². The van der Waals surface area contributed by atoms with Gasteiger partial charge in [0.2, 0.25) is 5.91 Å². The smallest absolute Gasteiger partial charge is 0.238 e. The van der Waals surface area contributed by atoms with Crippen LogP contribution in [0.4, 0.5) is 5.82 Å². The fourth-order valence-electron chi connectivity index (χ4n) is 2.77. The number of pyridine rings is 1. The Morgan fingerprint density at radius 1 is 1.47 bits per heavy atom. The minimum absolute atomic E-state index is 0.156. The number of hydrogen-bond acceptors (Lipinski definition) is 3. The molecule has 1 aliphatic heterocycles. The fourth-order valence-corrected chi connectivity index (χ4v) is 2.77. The van der Waals surface area contributed by atoms with Crippen molar-refractivity contribution in [2.75, 3.05) is 4.90 Å². The van der Waals surface area contributed by atoms with Gasteiger partial charge in [0.05, 0.1) is 5.41 Å². The van der Waals surface area contributed by atoms with Crippen LogP contribution >= 0.6 is 0 Å². The molecule has 2 heterocycles. The summed E-state index contributed by atoms with van der Waals surface area (Å²) < 4.78 is 0. The number of rotatable bonds is 1. The van der Waals surface area contributed by atoms with E-state index in [1.807, 2.05) is 30.9 Å². The maximum absolute atomic E-state index is 12.5. The molecule has 2 aliphatic rings. The molecule has 2 N–H and O–H groups in total. The lowest BCUT2D eigenvalue weighted by Gasteiger charge is -2.39. The number of hydrogen-bond donors (Lipinski definition) is 1. The summed E-state index contributed by atoms with van der Waals surface area (Å²) in [5.74, 6) is 0.988. The zero-order valence-corrected chi connectivity index (χ0v) is 10.2. The Hall–Kier alpha value is -1.42. The summed E-state index contributed by atoms with van der Waals surface area (Å²) in [6, 6.07) is 4.37. The van der Waals surface area contributed by atoms with E-state index in [1.54, 1.807) is 6.20 Å². The van der Waals surface area contributed by atoms with Crippen LogP contribution in [-0.4, -0.2) is 23.0 Å². The van der Waals surface area contributed by atoms with Gasteiger partial charge in [-0.05, 0) is 32.8 Å². The van der Waals surface area contributed by atoms with Gasteiger partial charge in [-0.25, -0.2) is 4.98 Å². The van der Waals surface area contributed by atoms with Crippen molar-refractivity contribution in [1.29, 1.82) is 0 Å². The number of aromatic nitrogens is 1. The number of amides is 1. The first-order valence-corrected chi connectivity index (χ1v) is 6.06. The Labute approximate surface area is 101 Å². The predicted octanol–water partition coefficient (Wildman–Crippen LogP) is 1.20. The number of fused-ring (bicyclic) bond motifs is 1. The molecule has 0 atom stereocenters. The maximum atomic E-state index is 12.5. The van der Waals surface area contributed by atoms with Crippen LogP contribution in [0.1, 0.15) is 32.3 Å². The molecule has 0 aromatic carbocycles. The summed E-state index contributed by atoms with van der Waals surface area (Å²) in [4.78, 5) is 18.7. The lowest BCUT2D eigenvalue weighted by Crippen LogP contribution is -2.53. The zero-order valence-electron chi connectivity index (χ0n) is 10.2. The molecule has 1 aliphatic carbocycles. The topological polar surface area (TPSA) is 59.2 Å². The molecular weight excluding hydrogens is 214 g/mol. The molecule has 0 radical (unpaired) electrons. The molecule has 1 fully saturated rings. The van der Waals surface area contributed by atoms with E-state index in [0.29, 0.717) is 0 Å². The third-order valence-corrected chi connectivity index (χ3v) is 3.96. The van der Waals surface area contributed by atoms with Gasteiger partial charge in [-0.1, -0.05) is 6.07 Å². The van der Waals surface area contributed by atoms with Crippen molar-refractivity contribution in [2.45, 2.75) is 44.2 Å². The summed E-state index contributed by atoms with van der Waals surface area (Å²) in [6.07, 6.45) is 3.52. The summed E-state index contributed by atoms with van der Waals surface area (Å²) in [5, 5.41) is 0. The van der Waals surface area contributed by atoms with E-state index in [2.05, 4.69) is 4.98 Å². The zero-order chi connectivity index (χ0) is 12.2. The number of carbonyl (C=O) groups excluding carboxylic acids is 1. The molecule has 0 spiro atoms. The summed E-state index contributed by atoms with van der Waals surface area (Å²) >= 11 is 0. The van der Waals surface area contributed by atoms with Gasteiger partial charge in [-0.15, -0.1) is 0 Å². The number of nitrogens with two attached hydrogens (primary N) is 1. The molecule has 1 amide bonds. The monoisotopic (exact) mass is 231 g/mol. The molecule has 1 saturated carbocycles. The van der Waals surface area contributed by atoms with Crippen molar-refractivity contribution in [2.24, 2.45) is 5.73 Å². The van der Waals surface area contributed by atoms with Crippen LogP contribution in [0.2, 0.25) is 0 Å². The second kappa shape index (κ2) is 3.29. The summed E-state index contributed by atoms with van der Waals surface area (Å²) in [6.45, 7) is 3.93. The molecule has 17 heavy (non-hydrogen) atoms. The molecule has 1 aromatic heterocycles. The molecule has 1 aromatic rings. The second-order valence-electron chi connectivity index (χ2n) is 5.56. The standard InChI is InChI=1S/C13H17N3O/c1-13(2)10-4-3-5-15-11(10)16(12(13)17)9-6-8(14)7-9/h3-5,8-9H,6-7,14H2,1-2H3. The number of carbonyl (C=O) groups is 1. The van der Waals surface area contributed by atoms with Gasteiger partial charge in [-0.3, -0.25) is 9.69 Å². The highest BCUT2D eigenvalue weighted by Crippen LogP contribution is 2.43. The molecule has 90 valence electrons. The highest BCUT2D eigenvalue weighted by atomic mass is 16.2. The molecule has 4 nitrogen and oxygen atoms in total. The van der Waals surface area contributed by atoms with E-state index in [1.165, 1.54) is 0 Å². The van der Waals surface area contributed by atoms with Gasteiger partial charge < -0.3 is 5.73 Å². The lowest BCUT2D eigenvalue weighted by atomic mass is 9.85. The van der Waals surface area contributed by atoms with Crippen LogP contribution in [0.3, 0.4) is 0 Å². The minimum atomic E-state index is -0.455. The number of nitrogens with zero attached hydrogens (tertiary/aromatic N) is 2. The molecule has 4 heteroatoms. The van der Waals surface area contributed by atoms with E-state index in [0.717, 1.165) is 24.2 Å². The van der Waals surface area contributed by atoms with Crippen molar-refractivity contribution >= 4 is 11.7 Å². The van der Waals surface area contributed by atoms with Crippen LogP contribution < -0.4 is 10.6 Å². The van der Waals surface area contributed by atoms with Crippen LogP contribution in [0.5, 0.6) is 0 Å². The quantitative estimate of drug-likeness (QED) is 0.790. The van der Waals surface area contributed by atoms with Crippen molar-refractivity contribution in [3.05, 3.63) is 23.9 Å². The first kappa shape index (κ1) is 10.7. The van der Waals surface area contributed by atoms with E-state index in [-0.39, 0.29) is 18.0 Å². The Kier molecular flexibility index (Phi) is 2.08. The Morgan fingerprint density at radius 3 is 2.82 bits per heavy atom. The van der Waals surface area contributed by atoms with E-state index in [4.69, 9.17) is 5.73 Å². The highest BCUT2D eigenvalue weighted by molar-refractivity contribution is 6.07. The predicted molar refractivity (Wildman–Crippen MR) is 65.7 cm³/mol. The van der Waals surface area contributed by atoms with Gasteiger partial charge in [-0.2, -0.15) is 0 Å². The van der Waals surface area contributed by atoms with Crippen LogP contribution in [0, 0.1) is 0 Å². The van der Waals surface area contributed by atoms with Crippen LogP contribution in [0.25, 0.3) is 0 Å². The maximum Gasteiger partial charge on any atom is 0.238 e. The van der Waals surface area contributed by atoms with Crippen molar-refractivity contribution in [3.8, 4) is 0 Å². The van der Waals surface area contributed by atoms with Gasteiger partial charge >= 0.3 is 0 Å². The van der Waals surface area contributed by atoms with E-state index in [9.17, 15) is 4.79 Å². The summed E-state index contributed by atoms with van der Waals surface area (Å²) in [7, 11) is 0. The SMILES string of the molecule is CC1(C)C(=O)N(C2CC(N)C2)c2ncccc21. The average Bonchev–Trinajstić information content (AvgIpc) is 2.45. The second-order valence-corrected chi connectivity index (χ2v) is 5.56. The van der Waals surface area contributed by atoms with E-state index >= 15 is 0 Å². The molecule has 0 unspecified atom stereocenters. The fraction of sp³-hybridized carbons (Fsp3) is 0.538. The first-order valence-electron chi connectivity index (χ1n) is 6.06. The minimum Gasteiger partial charge on any atom is -0.328 e. The normalized spacial score (nSPS) is 30.1. The van der Waals surface area contributed by atoms with E-state index < -0.39 is 5.41 Å².